The van der Waals surface area contributed by atoms with Gasteiger partial charge in [-0.2, -0.15) is 0 Å². The van der Waals surface area contributed by atoms with Crippen molar-refractivity contribution in [3.8, 4) is 0 Å². The van der Waals surface area contributed by atoms with Gasteiger partial charge in [0.05, 0.1) is 24.0 Å². The summed E-state index contributed by atoms with van der Waals surface area (Å²) in [5.74, 6) is -0.368. The molecular formula is C13H19N3O2. The molecular weight excluding hydrogens is 230 g/mol. The van der Waals surface area contributed by atoms with Gasteiger partial charge in [-0.05, 0) is 37.6 Å². The van der Waals surface area contributed by atoms with E-state index < -0.39 is 0 Å². The number of rotatable bonds is 3. The van der Waals surface area contributed by atoms with Crippen molar-refractivity contribution in [1.82, 2.24) is 5.32 Å². The number of nitrogens with one attached hydrogen (secondary N) is 2. The van der Waals surface area contributed by atoms with Crippen molar-refractivity contribution in [2.75, 3.05) is 31.2 Å². The molecule has 0 bridgehead atoms. The Bertz CT molecular complexity index is 428. The molecule has 98 valence electrons. The summed E-state index contributed by atoms with van der Waals surface area (Å²) >= 11 is 0. The maximum atomic E-state index is 11.4. The fourth-order valence-electron chi connectivity index (χ4n) is 2.13. The number of carbonyl (C=O) groups excluding carboxylic acids is 1. The van der Waals surface area contributed by atoms with Crippen LogP contribution in [0.2, 0.25) is 0 Å². The molecule has 2 rings (SSSR count). The number of anilines is 2. The molecule has 1 atom stereocenters. The lowest BCUT2D eigenvalue weighted by atomic mass is 10.1. The smallest absolute Gasteiger partial charge is 0.337 e. The van der Waals surface area contributed by atoms with Gasteiger partial charge in [-0.1, -0.05) is 0 Å². The Morgan fingerprint density at radius 1 is 1.56 bits per heavy atom. The fraction of sp³-hybridized carbons (Fsp3) is 0.462. The Morgan fingerprint density at radius 2 is 2.39 bits per heavy atom. The third kappa shape index (κ3) is 2.92. The summed E-state index contributed by atoms with van der Waals surface area (Å²) < 4.78 is 4.66. The molecule has 1 unspecified atom stereocenters. The number of benzene rings is 1. The van der Waals surface area contributed by atoms with Crippen molar-refractivity contribution in [2.24, 2.45) is 0 Å². The molecule has 4 N–H and O–H groups in total. The first-order chi connectivity index (χ1) is 8.70. The third-order valence-corrected chi connectivity index (χ3v) is 3.13. The van der Waals surface area contributed by atoms with Crippen LogP contribution in [0.5, 0.6) is 0 Å². The molecule has 1 saturated heterocycles. The van der Waals surface area contributed by atoms with Crippen LogP contribution in [0.1, 0.15) is 23.2 Å². The Hall–Kier alpha value is -1.75. The minimum absolute atomic E-state index is 0.368. The van der Waals surface area contributed by atoms with Gasteiger partial charge in [0.25, 0.3) is 0 Å². The zero-order valence-corrected chi connectivity index (χ0v) is 10.5. The van der Waals surface area contributed by atoms with E-state index in [0.717, 1.165) is 31.6 Å². The van der Waals surface area contributed by atoms with Crippen LogP contribution in [0.25, 0.3) is 0 Å². The summed E-state index contributed by atoms with van der Waals surface area (Å²) in [6.45, 7) is 2.02. The van der Waals surface area contributed by atoms with E-state index in [0.29, 0.717) is 17.3 Å². The monoisotopic (exact) mass is 249 g/mol. The molecule has 1 fully saturated rings. The Kier molecular flexibility index (Phi) is 4.04. The van der Waals surface area contributed by atoms with Crippen LogP contribution in [0.3, 0.4) is 0 Å². The van der Waals surface area contributed by atoms with E-state index in [-0.39, 0.29) is 5.97 Å². The number of nitrogens with two attached hydrogens (primary N) is 1. The van der Waals surface area contributed by atoms with Crippen LogP contribution in [0.15, 0.2) is 18.2 Å². The van der Waals surface area contributed by atoms with E-state index in [1.54, 1.807) is 12.1 Å². The lowest BCUT2D eigenvalue weighted by Gasteiger charge is -2.25. The molecule has 1 aromatic carbocycles. The van der Waals surface area contributed by atoms with Crippen LogP contribution < -0.4 is 16.4 Å². The lowest BCUT2D eigenvalue weighted by molar-refractivity contribution is 0.0601. The number of carbonyl (C=O) groups is 1. The van der Waals surface area contributed by atoms with E-state index in [2.05, 4.69) is 15.4 Å². The maximum absolute atomic E-state index is 11.4. The highest BCUT2D eigenvalue weighted by atomic mass is 16.5. The van der Waals surface area contributed by atoms with E-state index in [1.807, 2.05) is 6.07 Å². The van der Waals surface area contributed by atoms with E-state index in [9.17, 15) is 4.79 Å². The first kappa shape index (κ1) is 12.7. The molecule has 0 amide bonds. The number of piperidine rings is 1. The largest absolute Gasteiger partial charge is 0.465 e. The number of nitrogen functional groups attached to an aromatic ring is 1. The van der Waals surface area contributed by atoms with Crippen molar-refractivity contribution in [3.05, 3.63) is 23.8 Å². The van der Waals surface area contributed by atoms with Gasteiger partial charge in [0.15, 0.2) is 0 Å². The molecule has 0 radical (unpaired) electrons. The van der Waals surface area contributed by atoms with Crippen LogP contribution in [0, 0.1) is 0 Å². The van der Waals surface area contributed by atoms with Crippen LogP contribution in [-0.4, -0.2) is 32.2 Å². The van der Waals surface area contributed by atoms with Crippen LogP contribution in [-0.2, 0) is 4.74 Å². The zero-order chi connectivity index (χ0) is 13.0. The van der Waals surface area contributed by atoms with Crippen molar-refractivity contribution in [3.63, 3.8) is 0 Å². The van der Waals surface area contributed by atoms with Gasteiger partial charge >= 0.3 is 5.97 Å². The van der Waals surface area contributed by atoms with Crippen molar-refractivity contribution >= 4 is 17.3 Å². The van der Waals surface area contributed by atoms with Gasteiger partial charge in [0, 0.05) is 12.6 Å². The molecule has 1 heterocycles. The second-order valence-electron chi connectivity index (χ2n) is 4.48. The number of esters is 1. The molecule has 18 heavy (non-hydrogen) atoms. The number of hydrogen-bond donors (Lipinski definition) is 3. The Balaban J connectivity index is 2.07. The van der Waals surface area contributed by atoms with E-state index in [1.165, 1.54) is 7.11 Å². The first-order valence-electron chi connectivity index (χ1n) is 6.16. The van der Waals surface area contributed by atoms with E-state index >= 15 is 0 Å². The third-order valence-electron chi connectivity index (χ3n) is 3.13. The Morgan fingerprint density at radius 3 is 3.00 bits per heavy atom. The summed E-state index contributed by atoms with van der Waals surface area (Å²) in [5, 5.41) is 6.73. The molecule has 0 saturated carbocycles. The number of ether oxygens (including phenoxy) is 1. The highest BCUT2D eigenvalue weighted by Crippen LogP contribution is 2.22. The van der Waals surface area contributed by atoms with Crippen molar-refractivity contribution in [2.45, 2.75) is 18.9 Å². The predicted octanol–water partition coefficient (Wildman–Crippen LogP) is 1.22. The topological polar surface area (TPSA) is 76.4 Å². The summed E-state index contributed by atoms with van der Waals surface area (Å²) in [4.78, 5) is 11.4. The van der Waals surface area contributed by atoms with Crippen LogP contribution in [0.4, 0.5) is 11.4 Å². The minimum Gasteiger partial charge on any atom is -0.465 e. The number of methoxy groups -OCH3 is 1. The highest BCUT2D eigenvalue weighted by Gasteiger charge is 2.14. The molecule has 0 spiro atoms. The summed E-state index contributed by atoms with van der Waals surface area (Å²) in [6.07, 6.45) is 2.29. The second-order valence-corrected chi connectivity index (χ2v) is 4.48. The molecule has 0 aromatic heterocycles. The van der Waals surface area contributed by atoms with Crippen molar-refractivity contribution < 1.29 is 9.53 Å². The molecule has 1 aliphatic heterocycles. The Labute approximate surface area is 107 Å². The average Bonchev–Trinajstić information content (AvgIpc) is 2.41. The molecule has 5 heteroatoms. The predicted molar refractivity (Wildman–Crippen MR) is 71.7 cm³/mol. The summed E-state index contributed by atoms with van der Waals surface area (Å²) in [6, 6.07) is 5.59. The second kappa shape index (κ2) is 5.73. The van der Waals surface area contributed by atoms with Gasteiger partial charge in [0.2, 0.25) is 0 Å². The summed E-state index contributed by atoms with van der Waals surface area (Å²) in [7, 11) is 1.36. The minimum atomic E-state index is -0.368. The van der Waals surface area contributed by atoms with Crippen LogP contribution >= 0.6 is 0 Å². The van der Waals surface area contributed by atoms with Gasteiger partial charge in [-0.3, -0.25) is 0 Å². The molecule has 5 nitrogen and oxygen atoms in total. The zero-order valence-electron chi connectivity index (χ0n) is 10.5. The molecule has 0 aliphatic carbocycles. The first-order valence-corrected chi connectivity index (χ1v) is 6.16. The van der Waals surface area contributed by atoms with Gasteiger partial charge in [0.1, 0.15) is 0 Å². The SMILES string of the molecule is COC(=O)c1ccc(NC2CCCNC2)c(N)c1. The fourth-order valence-corrected chi connectivity index (χ4v) is 2.13. The highest BCUT2D eigenvalue weighted by molar-refractivity contribution is 5.91. The quantitative estimate of drug-likeness (QED) is 0.554. The van der Waals surface area contributed by atoms with Crippen molar-refractivity contribution in [1.29, 1.82) is 0 Å². The van der Waals surface area contributed by atoms with Gasteiger partial charge < -0.3 is 21.1 Å². The standard InChI is InChI=1S/C13H19N3O2/c1-18-13(17)9-4-5-12(11(14)7-9)16-10-3-2-6-15-8-10/h4-5,7,10,15-16H,2-3,6,8,14H2,1H3. The number of hydrogen-bond acceptors (Lipinski definition) is 5. The summed E-state index contributed by atoms with van der Waals surface area (Å²) in [5.41, 5.74) is 7.86. The normalized spacial score (nSPS) is 19.3. The lowest BCUT2D eigenvalue weighted by Crippen LogP contribution is -2.38. The van der Waals surface area contributed by atoms with E-state index in [4.69, 9.17) is 5.73 Å². The molecule has 1 aromatic rings. The maximum Gasteiger partial charge on any atom is 0.337 e. The average molecular weight is 249 g/mol. The van der Waals surface area contributed by atoms with Gasteiger partial charge in [-0.25, -0.2) is 4.79 Å². The molecule has 1 aliphatic rings. The van der Waals surface area contributed by atoms with Gasteiger partial charge in [-0.15, -0.1) is 0 Å².